The van der Waals surface area contributed by atoms with Gasteiger partial charge in [-0.2, -0.15) is 0 Å². The molecule has 1 fully saturated rings. The average Bonchev–Trinajstić information content (AvgIpc) is 2.00. The van der Waals surface area contributed by atoms with Gasteiger partial charge in [0.25, 0.3) is 0 Å². The third-order valence-corrected chi connectivity index (χ3v) is 2.43. The van der Waals surface area contributed by atoms with Crippen molar-refractivity contribution in [1.29, 1.82) is 0 Å². The number of rotatable bonds is 3. The number of ether oxygens (including phenoxy) is 1. The van der Waals surface area contributed by atoms with Gasteiger partial charge < -0.3 is 9.64 Å². The van der Waals surface area contributed by atoms with Crippen molar-refractivity contribution in [2.75, 3.05) is 13.7 Å². The molecule has 2 atom stereocenters. The molecular formula is C11H27NO2. The summed E-state index contributed by atoms with van der Waals surface area (Å²) in [5.74, 6) is 0.251. The molecule has 0 N–H and O–H groups in total. The van der Waals surface area contributed by atoms with E-state index in [1.165, 1.54) is 0 Å². The highest BCUT2D eigenvalue weighted by Gasteiger charge is 2.31. The van der Waals surface area contributed by atoms with Crippen molar-refractivity contribution in [3.8, 4) is 0 Å². The lowest BCUT2D eigenvalue weighted by atomic mass is 10.1. The van der Waals surface area contributed by atoms with Gasteiger partial charge >= 0.3 is 0 Å². The molecule has 1 aliphatic heterocycles. The van der Waals surface area contributed by atoms with E-state index in [1.54, 1.807) is 7.11 Å². The van der Waals surface area contributed by atoms with Gasteiger partial charge in [-0.05, 0) is 13.8 Å². The molecule has 88 valence electrons. The molecule has 0 spiro atoms. The predicted molar refractivity (Wildman–Crippen MR) is 62.5 cm³/mol. The van der Waals surface area contributed by atoms with E-state index in [1.807, 2.05) is 18.7 Å². The molecule has 1 rings (SSSR count). The molecule has 1 aliphatic rings. The van der Waals surface area contributed by atoms with Crippen LogP contribution in [0.5, 0.6) is 0 Å². The third-order valence-electron chi connectivity index (χ3n) is 2.43. The first kappa shape index (κ1) is 19.1. The molecule has 1 saturated heterocycles. The van der Waals surface area contributed by atoms with Crippen LogP contribution in [0.25, 0.3) is 0 Å². The first-order valence-corrected chi connectivity index (χ1v) is 3.99. The maximum absolute atomic E-state index is 11.0. The van der Waals surface area contributed by atoms with Crippen LogP contribution >= 0.6 is 0 Å². The van der Waals surface area contributed by atoms with Crippen LogP contribution in [-0.2, 0) is 9.53 Å². The average molecular weight is 205 g/mol. The fourth-order valence-corrected chi connectivity index (χ4v) is 1.21. The lowest BCUT2D eigenvalue weighted by Gasteiger charge is -2.38. The van der Waals surface area contributed by atoms with Gasteiger partial charge in [0.1, 0.15) is 0 Å². The minimum Gasteiger partial charge on any atom is -0.380 e. The number of nitrogens with zero attached hydrogens (tertiary/aromatic N) is 1. The summed E-state index contributed by atoms with van der Waals surface area (Å²) in [6.07, 6.45) is 0.847. The summed E-state index contributed by atoms with van der Waals surface area (Å²) in [6.45, 7) is 4.90. The van der Waals surface area contributed by atoms with Crippen LogP contribution in [0.3, 0.4) is 0 Å². The Morgan fingerprint density at radius 3 is 2.00 bits per heavy atom. The molecule has 3 heteroatoms. The van der Waals surface area contributed by atoms with Gasteiger partial charge in [0.05, 0.1) is 12.1 Å². The van der Waals surface area contributed by atoms with Crippen molar-refractivity contribution >= 4 is 5.91 Å². The molecule has 0 aliphatic carbocycles. The Morgan fingerprint density at radius 1 is 1.29 bits per heavy atom. The SMILES string of the molecule is C.C.C.COC(C)C(C)N1CCC1=O. The molecule has 0 radical (unpaired) electrons. The highest BCUT2D eigenvalue weighted by molar-refractivity contribution is 5.82. The highest BCUT2D eigenvalue weighted by Crippen LogP contribution is 2.16. The number of carbonyl (C=O) groups is 1. The van der Waals surface area contributed by atoms with Gasteiger partial charge in [-0.25, -0.2) is 0 Å². The lowest BCUT2D eigenvalue weighted by Crippen LogP contribution is -2.52. The van der Waals surface area contributed by atoms with Crippen molar-refractivity contribution in [3.05, 3.63) is 0 Å². The zero-order valence-corrected chi connectivity index (χ0v) is 7.33. The van der Waals surface area contributed by atoms with E-state index in [4.69, 9.17) is 4.74 Å². The molecule has 1 amide bonds. The third kappa shape index (κ3) is 3.66. The number of carbonyl (C=O) groups excluding carboxylic acids is 1. The second-order valence-electron chi connectivity index (χ2n) is 3.02. The zero-order chi connectivity index (χ0) is 8.43. The first-order valence-electron chi connectivity index (χ1n) is 3.99. The quantitative estimate of drug-likeness (QED) is 0.663. The van der Waals surface area contributed by atoms with Gasteiger partial charge in [0, 0.05) is 20.1 Å². The van der Waals surface area contributed by atoms with E-state index in [2.05, 4.69) is 0 Å². The second kappa shape index (κ2) is 7.80. The van der Waals surface area contributed by atoms with E-state index >= 15 is 0 Å². The Hall–Kier alpha value is -0.570. The van der Waals surface area contributed by atoms with Crippen LogP contribution in [-0.4, -0.2) is 36.6 Å². The van der Waals surface area contributed by atoms with Crippen LogP contribution in [0.2, 0.25) is 0 Å². The number of likely N-dealkylation sites (tertiary alicyclic amines) is 1. The Labute approximate surface area is 89.4 Å². The Morgan fingerprint density at radius 2 is 1.79 bits per heavy atom. The summed E-state index contributed by atoms with van der Waals surface area (Å²) in [4.78, 5) is 12.8. The van der Waals surface area contributed by atoms with Crippen LogP contribution in [0.15, 0.2) is 0 Å². The van der Waals surface area contributed by atoms with Crippen LogP contribution in [0, 0.1) is 0 Å². The minimum absolute atomic E-state index is 0. The smallest absolute Gasteiger partial charge is 0.224 e. The van der Waals surface area contributed by atoms with Gasteiger partial charge in [-0.15, -0.1) is 0 Å². The molecular weight excluding hydrogens is 178 g/mol. The van der Waals surface area contributed by atoms with Crippen molar-refractivity contribution in [2.45, 2.75) is 54.7 Å². The molecule has 14 heavy (non-hydrogen) atoms. The number of methoxy groups -OCH3 is 1. The van der Waals surface area contributed by atoms with Gasteiger partial charge in [-0.3, -0.25) is 4.79 Å². The van der Waals surface area contributed by atoms with Crippen molar-refractivity contribution < 1.29 is 9.53 Å². The maximum atomic E-state index is 11.0. The van der Waals surface area contributed by atoms with E-state index in [0.29, 0.717) is 6.42 Å². The van der Waals surface area contributed by atoms with Crippen molar-refractivity contribution in [1.82, 2.24) is 4.90 Å². The lowest BCUT2D eigenvalue weighted by molar-refractivity contribution is -0.145. The van der Waals surface area contributed by atoms with E-state index in [9.17, 15) is 4.79 Å². The summed E-state index contributed by atoms with van der Waals surface area (Å²) in [6, 6.07) is 0.223. The molecule has 1 heterocycles. The standard InChI is InChI=1S/C8H15NO2.3CH4/c1-6(7(2)11-3)9-5-4-8(9)10;;;/h6-7H,4-5H2,1-3H3;3*1H4. The molecule has 0 aromatic carbocycles. The number of hydrogen-bond donors (Lipinski definition) is 0. The topological polar surface area (TPSA) is 29.5 Å². The van der Waals surface area contributed by atoms with Gasteiger partial charge in [0.15, 0.2) is 0 Å². The van der Waals surface area contributed by atoms with Crippen molar-refractivity contribution in [2.24, 2.45) is 0 Å². The fourth-order valence-electron chi connectivity index (χ4n) is 1.21. The summed E-state index contributed by atoms with van der Waals surface area (Å²) in [5, 5.41) is 0. The molecule has 0 saturated carbocycles. The predicted octanol–water partition coefficient (Wildman–Crippen LogP) is 2.55. The Kier molecular flexibility index (Phi) is 10.6. The van der Waals surface area contributed by atoms with Crippen LogP contribution in [0.1, 0.15) is 42.5 Å². The first-order chi connectivity index (χ1) is 5.16. The minimum atomic E-state index is 0. The summed E-state index contributed by atoms with van der Waals surface area (Å²) < 4.78 is 5.12. The zero-order valence-electron chi connectivity index (χ0n) is 7.33. The monoisotopic (exact) mass is 205 g/mol. The molecule has 3 nitrogen and oxygen atoms in total. The summed E-state index contributed by atoms with van der Waals surface area (Å²) in [7, 11) is 1.67. The van der Waals surface area contributed by atoms with Crippen LogP contribution in [0.4, 0.5) is 0 Å². The molecule has 2 unspecified atom stereocenters. The van der Waals surface area contributed by atoms with E-state index < -0.39 is 0 Å². The Balaban J connectivity index is -0.000000403. The second-order valence-corrected chi connectivity index (χ2v) is 3.02. The maximum Gasteiger partial charge on any atom is 0.224 e. The summed E-state index contributed by atoms with van der Waals surface area (Å²) in [5.41, 5.74) is 0. The van der Waals surface area contributed by atoms with Gasteiger partial charge in [-0.1, -0.05) is 22.3 Å². The number of hydrogen-bond acceptors (Lipinski definition) is 2. The fraction of sp³-hybridized carbons (Fsp3) is 0.909. The highest BCUT2D eigenvalue weighted by atomic mass is 16.5. The van der Waals surface area contributed by atoms with E-state index in [0.717, 1.165) is 6.54 Å². The van der Waals surface area contributed by atoms with Gasteiger partial charge in [0.2, 0.25) is 5.91 Å². The molecule has 0 aromatic heterocycles. The molecule has 0 bridgehead atoms. The van der Waals surface area contributed by atoms with E-state index in [-0.39, 0.29) is 40.3 Å². The Bertz CT molecular complexity index is 159. The largest absolute Gasteiger partial charge is 0.380 e. The number of amides is 1. The summed E-state index contributed by atoms with van der Waals surface area (Å²) >= 11 is 0. The van der Waals surface area contributed by atoms with Crippen LogP contribution < -0.4 is 0 Å². The molecule has 0 aromatic rings. The van der Waals surface area contributed by atoms with Crippen molar-refractivity contribution in [3.63, 3.8) is 0 Å². The number of β-lactam (4-membered cyclic amide) rings is 1. The normalized spacial score (nSPS) is 17.9.